The molecule has 0 aromatic heterocycles. The Hall–Kier alpha value is -4.37. The van der Waals surface area contributed by atoms with Crippen molar-refractivity contribution in [1.82, 2.24) is 5.43 Å². The SMILES string of the molecule is CCOc1cc(/C=N\NC(=O)C(=O)Nc2ccccc2CC)cc(Cl)c1OCC(=O)Nc1ccccc1. The summed E-state index contributed by atoms with van der Waals surface area (Å²) >= 11 is 6.37. The highest BCUT2D eigenvalue weighted by Crippen LogP contribution is 2.36. The summed E-state index contributed by atoms with van der Waals surface area (Å²) in [5.41, 5.74) is 4.78. The van der Waals surface area contributed by atoms with Crippen LogP contribution in [0.25, 0.3) is 0 Å². The summed E-state index contributed by atoms with van der Waals surface area (Å²) in [6.07, 6.45) is 2.02. The number of nitrogens with one attached hydrogen (secondary N) is 3. The van der Waals surface area contributed by atoms with Crippen LogP contribution in [0.5, 0.6) is 11.5 Å². The van der Waals surface area contributed by atoms with Gasteiger partial charge in [0.25, 0.3) is 5.91 Å². The number of anilines is 2. The maximum absolute atomic E-state index is 12.2. The third-order valence-electron chi connectivity index (χ3n) is 4.97. The number of hydrogen-bond acceptors (Lipinski definition) is 6. The molecule has 0 aliphatic rings. The van der Waals surface area contributed by atoms with Crippen molar-refractivity contribution < 1.29 is 23.9 Å². The van der Waals surface area contributed by atoms with Crippen LogP contribution in [0.1, 0.15) is 25.0 Å². The molecule has 3 aromatic carbocycles. The Morgan fingerprint density at radius 1 is 0.919 bits per heavy atom. The molecule has 10 heteroatoms. The fourth-order valence-corrected chi connectivity index (χ4v) is 3.54. The zero-order valence-electron chi connectivity index (χ0n) is 20.4. The van der Waals surface area contributed by atoms with E-state index in [0.29, 0.717) is 35.7 Å². The number of hydrogen-bond donors (Lipinski definition) is 3. The number of aryl methyl sites for hydroxylation is 1. The van der Waals surface area contributed by atoms with Crippen LogP contribution in [-0.2, 0) is 20.8 Å². The monoisotopic (exact) mass is 522 g/mol. The van der Waals surface area contributed by atoms with Gasteiger partial charge in [0.1, 0.15) is 0 Å². The highest BCUT2D eigenvalue weighted by atomic mass is 35.5. The van der Waals surface area contributed by atoms with E-state index in [4.69, 9.17) is 21.1 Å². The number of nitrogens with zero attached hydrogens (tertiary/aromatic N) is 1. The van der Waals surface area contributed by atoms with Crippen LogP contribution in [0.3, 0.4) is 0 Å². The third kappa shape index (κ3) is 8.08. The summed E-state index contributed by atoms with van der Waals surface area (Å²) in [6.45, 7) is 3.77. The number of amides is 3. The van der Waals surface area contributed by atoms with E-state index < -0.39 is 11.8 Å². The summed E-state index contributed by atoms with van der Waals surface area (Å²) in [6, 6.07) is 19.3. The van der Waals surface area contributed by atoms with Gasteiger partial charge in [-0.2, -0.15) is 5.10 Å². The van der Waals surface area contributed by atoms with Crippen LogP contribution < -0.4 is 25.5 Å². The van der Waals surface area contributed by atoms with Gasteiger partial charge >= 0.3 is 11.8 Å². The maximum Gasteiger partial charge on any atom is 0.329 e. The Morgan fingerprint density at radius 3 is 2.38 bits per heavy atom. The zero-order valence-corrected chi connectivity index (χ0v) is 21.2. The van der Waals surface area contributed by atoms with Crippen molar-refractivity contribution in [3.05, 3.63) is 82.9 Å². The molecular weight excluding hydrogens is 496 g/mol. The second kappa shape index (κ2) is 13.6. The molecule has 0 bridgehead atoms. The van der Waals surface area contributed by atoms with Gasteiger partial charge in [-0.15, -0.1) is 0 Å². The van der Waals surface area contributed by atoms with Crippen molar-refractivity contribution in [1.29, 1.82) is 0 Å². The summed E-state index contributed by atoms with van der Waals surface area (Å²) < 4.78 is 11.2. The van der Waals surface area contributed by atoms with E-state index in [-0.39, 0.29) is 23.3 Å². The lowest BCUT2D eigenvalue weighted by Crippen LogP contribution is -2.32. The van der Waals surface area contributed by atoms with E-state index in [2.05, 4.69) is 21.2 Å². The molecule has 192 valence electrons. The Bertz CT molecular complexity index is 1280. The fraction of sp³-hybridized carbons (Fsp3) is 0.185. The molecule has 0 radical (unpaired) electrons. The van der Waals surface area contributed by atoms with Gasteiger partial charge < -0.3 is 20.1 Å². The number of halogens is 1. The lowest BCUT2D eigenvalue weighted by molar-refractivity contribution is -0.136. The molecule has 3 rings (SSSR count). The van der Waals surface area contributed by atoms with E-state index >= 15 is 0 Å². The molecule has 0 saturated carbocycles. The molecule has 37 heavy (non-hydrogen) atoms. The number of para-hydroxylation sites is 2. The van der Waals surface area contributed by atoms with E-state index in [1.807, 2.05) is 25.1 Å². The van der Waals surface area contributed by atoms with Gasteiger partial charge in [-0.1, -0.05) is 54.9 Å². The second-order valence-electron chi connectivity index (χ2n) is 7.63. The first-order valence-corrected chi connectivity index (χ1v) is 11.9. The first kappa shape index (κ1) is 27.2. The third-order valence-corrected chi connectivity index (χ3v) is 5.25. The number of carbonyl (C=O) groups is 3. The van der Waals surface area contributed by atoms with Crippen LogP contribution in [-0.4, -0.2) is 37.1 Å². The van der Waals surface area contributed by atoms with Crippen LogP contribution in [0.15, 0.2) is 71.8 Å². The van der Waals surface area contributed by atoms with E-state index in [0.717, 1.165) is 5.56 Å². The van der Waals surface area contributed by atoms with Gasteiger partial charge in [-0.25, -0.2) is 5.43 Å². The minimum Gasteiger partial charge on any atom is -0.490 e. The summed E-state index contributed by atoms with van der Waals surface area (Å²) in [7, 11) is 0. The lowest BCUT2D eigenvalue weighted by Gasteiger charge is -2.14. The van der Waals surface area contributed by atoms with Crippen molar-refractivity contribution in [3.63, 3.8) is 0 Å². The number of hydrazone groups is 1. The number of benzene rings is 3. The number of rotatable bonds is 10. The Labute approximate surface area is 219 Å². The van der Waals surface area contributed by atoms with Crippen LogP contribution in [0.2, 0.25) is 5.02 Å². The van der Waals surface area contributed by atoms with E-state index in [9.17, 15) is 14.4 Å². The average Bonchev–Trinajstić information content (AvgIpc) is 2.89. The Kier molecular flexibility index (Phi) is 10.0. The van der Waals surface area contributed by atoms with Gasteiger partial charge in [0, 0.05) is 11.4 Å². The largest absolute Gasteiger partial charge is 0.490 e. The topological polar surface area (TPSA) is 118 Å². The van der Waals surface area contributed by atoms with E-state index in [1.54, 1.807) is 49.4 Å². The zero-order chi connectivity index (χ0) is 26.6. The predicted octanol–water partition coefficient (Wildman–Crippen LogP) is 4.41. The van der Waals surface area contributed by atoms with Crippen LogP contribution >= 0.6 is 11.6 Å². The first-order chi connectivity index (χ1) is 17.9. The minimum atomic E-state index is -0.928. The van der Waals surface area contributed by atoms with Crippen molar-refractivity contribution in [2.75, 3.05) is 23.8 Å². The molecule has 3 N–H and O–H groups in total. The Balaban J connectivity index is 1.62. The highest BCUT2D eigenvalue weighted by Gasteiger charge is 2.16. The quantitative estimate of drug-likeness (QED) is 0.207. The molecule has 0 aliphatic carbocycles. The van der Waals surface area contributed by atoms with Gasteiger partial charge in [0.2, 0.25) is 0 Å². The highest BCUT2D eigenvalue weighted by molar-refractivity contribution is 6.39. The average molecular weight is 523 g/mol. The minimum absolute atomic E-state index is 0.181. The lowest BCUT2D eigenvalue weighted by atomic mass is 10.1. The van der Waals surface area contributed by atoms with E-state index in [1.165, 1.54) is 12.3 Å². The Morgan fingerprint density at radius 2 is 1.65 bits per heavy atom. The van der Waals surface area contributed by atoms with Gasteiger partial charge in [0.05, 0.1) is 17.8 Å². The van der Waals surface area contributed by atoms with Crippen molar-refractivity contribution >= 4 is 46.9 Å². The summed E-state index contributed by atoms with van der Waals surface area (Å²) in [4.78, 5) is 36.6. The summed E-state index contributed by atoms with van der Waals surface area (Å²) in [5, 5.41) is 9.31. The molecule has 9 nitrogen and oxygen atoms in total. The number of carbonyl (C=O) groups excluding carboxylic acids is 3. The van der Waals surface area contributed by atoms with Gasteiger partial charge in [-0.3, -0.25) is 14.4 Å². The van der Waals surface area contributed by atoms with Gasteiger partial charge in [-0.05, 0) is 54.8 Å². The molecular formula is C27H27ClN4O5. The summed E-state index contributed by atoms with van der Waals surface area (Å²) in [5.74, 6) is -1.64. The molecule has 0 saturated heterocycles. The molecule has 0 fully saturated rings. The second-order valence-corrected chi connectivity index (χ2v) is 8.04. The molecule has 0 aliphatic heterocycles. The maximum atomic E-state index is 12.2. The van der Waals surface area contributed by atoms with Gasteiger partial charge in [0.15, 0.2) is 18.1 Å². The molecule has 0 unspecified atom stereocenters. The predicted molar refractivity (Wildman–Crippen MR) is 143 cm³/mol. The normalized spacial score (nSPS) is 10.6. The first-order valence-electron chi connectivity index (χ1n) is 11.6. The number of ether oxygens (including phenoxy) is 2. The van der Waals surface area contributed by atoms with Crippen LogP contribution in [0.4, 0.5) is 11.4 Å². The fourth-order valence-electron chi connectivity index (χ4n) is 3.27. The molecule has 0 atom stereocenters. The van der Waals surface area contributed by atoms with Crippen molar-refractivity contribution in [3.8, 4) is 11.5 Å². The smallest absolute Gasteiger partial charge is 0.329 e. The standard InChI is InChI=1S/C27H27ClN4O5/c1-3-19-10-8-9-13-22(19)31-26(34)27(35)32-29-16-18-14-21(28)25(23(15-18)36-4-2)37-17-24(33)30-20-11-6-5-7-12-20/h5-16H,3-4,17H2,1-2H3,(H,30,33)(H,31,34)(H,32,35)/b29-16-. The van der Waals surface area contributed by atoms with Crippen molar-refractivity contribution in [2.24, 2.45) is 5.10 Å². The molecule has 0 spiro atoms. The van der Waals surface area contributed by atoms with Crippen LogP contribution in [0, 0.1) is 0 Å². The van der Waals surface area contributed by atoms with Crippen molar-refractivity contribution in [2.45, 2.75) is 20.3 Å². The molecule has 3 aromatic rings. The molecule has 0 heterocycles. The molecule has 3 amide bonds.